The van der Waals surface area contributed by atoms with E-state index in [0.29, 0.717) is 17.0 Å². The highest BCUT2D eigenvalue weighted by Gasteiger charge is 2.36. The van der Waals surface area contributed by atoms with Crippen molar-refractivity contribution in [3.63, 3.8) is 0 Å². The van der Waals surface area contributed by atoms with Crippen molar-refractivity contribution in [2.24, 2.45) is 5.92 Å². The normalized spacial score (nSPS) is 16.1. The van der Waals surface area contributed by atoms with Crippen LogP contribution in [0.2, 0.25) is 0 Å². The van der Waals surface area contributed by atoms with Crippen molar-refractivity contribution in [2.45, 2.75) is 64.1 Å². The number of fused-ring (bicyclic) bond motifs is 1. The van der Waals surface area contributed by atoms with E-state index in [1.807, 2.05) is 0 Å². The molecule has 0 aliphatic carbocycles. The summed E-state index contributed by atoms with van der Waals surface area (Å²) in [5.74, 6) is 0.758. The van der Waals surface area contributed by atoms with Crippen molar-refractivity contribution >= 4 is 32.2 Å². The first-order chi connectivity index (χ1) is 16.5. The number of nitrogens with one attached hydrogen (secondary N) is 1. The Bertz CT molecular complexity index is 1290. The van der Waals surface area contributed by atoms with Crippen LogP contribution in [0.5, 0.6) is 0 Å². The molecule has 3 aromatic rings. The maximum atomic E-state index is 12.6. The molecule has 2 aromatic carbocycles. The third-order valence-electron chi connectivity index (χ3n) is 6.37. The number of hydrogen-bond acceptors (Lipinski definition) is 6. The fraction of sp³-hybridized carbons (Fsp3) is 0.407. The number of thiazole rings is 1. The SMILES string of the molecule is CC(C)c1ccc(CN2Cc3sc(NC(=O)Cc4ccc(S(C)(=O)=O)cc4)nc3[C@H]2C(C)C)cc1. The molecular formula is C27H33N3O3S2. The smallest absolute Gasteiger partial charge is 0.230 e. The molecule has 4 rings (SSSR count). The van der Waals surface area contributed by atoms with Crippen LogP contribution in [0.3, 0.4) is 0 Å². The van der Waals surface area contributed by atoms with Crippen LogP contribution in [-0.4, -0.2) is 30.5 Å². The van der Waals surface area contributed by atoms with Crippen LogP contribution in [-0.2, 0) is 34.1 Å². The largest absolute Gasteiger partial charge is 0.302 e. The number of rotatable bonds is 8. The van der Waals surface area contributed by atoms with Gasteiger partial charge in [-0.15, -0.1) is 11.3 Å². The van der Waals surface area contributed by atoms with E-state index >= 15 is 0 Å². The van der Waals surface area contributed by atoms with E-state index in [9.17, 15) is 13.2 Å². The summed E-state index contributed by atoms with van der Waals surface area (Å²) in [7, 11) is -3.25. The molecule has 1 aliphatic heterocycles. The quantitative estimate of drug-likeness (QED) is 0.428. The van der Waals surface area contributed by atoms with Gasteiger partial charge in [-0.2, -0.15) is 0 Å². The lowest BCUT2D eigenvalue weighted by molar-refractivity contribution is -0.115. The second kappa shape index (κ2) is 10.2. The Morgan fingerprint density at radius 2 is 1.69 bits per heavy atom. The summed E-state index contributed by atoms with van der Waals surface area (Å²) < 4.78 is 23.2. The minimum absolute atomic E-state index is 0.160. The van der Waals surface area contributed by atoms with Gasteiger partial charge in [0.25, 0.3) is 0 Å². The molecule has 1 aromatic heterocycles. The Labute approximate surface area is 212 Å². The number of hydrogen-bond donors (Lipinski definition) is 1. The van der Waals surface area contributed by atoms with Gasteiger partial charge in [0, 0.05) is 24.2 Å². The maximum Gasteiger partial charge on any atom is 0.230 e. The Hall–Kier alpha value is -2.55. The topological polar surface area (TPSA) is 79.4 Å². The predicted molar refractivity (Wildman–Crippen MR) is 141 cm³/mol. The Balaban J connectivity index is 1.41. The summed E-state index contributed by atoms with van der Waals surface area (Å²) >= 11 is 1.54. The van der Waals surface area contributed by atoms with Crippen molar-refractivity contribution in [1.82, 2.24) is 9.88 Å². The first-order valence-electron chi connectivity index (χ1n) is 11.9. The zero-order valence-electron chi connectivity index (χ0n) is 20.9. The molecule has 0 saturated heterocycles. The fourth-order valence-corrected chi connectivity index (χ4v) is 6.23. The molecule has 2 heterocycles. The van der Waals surface area contributed by atoms with Gasteiger partial charge in [0.15, 0.2) is 15.0 Å². The number of aromatic nitrogens is 1. The molecule has 1 amide bonds. The van der Waals surface area contributed by atoms with E-state index in [0.717, 1.165) is 24.3 Å². The van der Waals surface area contributed by atoms with E-state index in [-0.39, 0.29) is 23.3 Å². The monoisotopic (exact) mass is 511 g/mol. The third kappa shape index (κ3) is 6.00. The minimum Gasteiger partial charge on any atom is -0.302 e. The van der Waals surface area contributed by atoms with Gasteiger partial charge in [-0.1, -0.05) is 64.1 Å². The Morgan fingerprint density at radius 1 is 1.06 bits per heavy atom. The average Bonchev–Trinajstić information content (AvgIpc) is 3.29. The van der Waals surface area contributed by atoms with E-state index < -0.39 is 9.84 Å². The molecule has 1 N–H and O–H groups in total. The molecule has 186 valence electrons. The standard InChI is InChI=1S/C27H33N3O3S2/c1-17(2)21-10-6-20(7-11-21)15-30-16-23-25(26(30)18(3)4)29-27(34-23)28-24(31)14-19-8-12-22(13-9-19)35(5,32)33/h6-13,17-18,26H,14-16H2,1-5H3,(H,28,29,31)/t26-/m1/s1. The molecule has 0 spiro atoms. The average molecular weight is 512 g/mol. The van der Waals surface area contributed by atoms with Crippen molar-refractivity contribution in [3.8, 4) is 0 Å². The molecule has 0 fully saturated rings. The lowest BCUT2D eigenvalue weighted by Gasteiger charge is -2.27. The van der Waals surface area contributed by atoms with Gasteiger partial charge in [-0.25, -0.2) is 13.4 Å². The van der Waals surface area contributed by atoms with E-state index in [1.165, 1.54) is 34.4 Å². The van der Waals surface area contributed by atoms with Crippen LogP contribution in [0.15, 0.2) is 53.4 Å². The molecular weight excluding hydrogens is 478 g/mol. The van der Waals surface area contributed by atoms with Gasteiger partial charge in [0.05, 0.1) is 23.1 Å². The summed E-state index contributed by atoms with van der Waals surface area (Å²) in [5, 5.41) is 3.56. The summed E-state index contributed by atoms with van der Waals surface area (Å²) in [4.78, 5) is 21.4. The van der Waals surface area contributed by atoms with Crippen LogP contribution >= 0.6 is 11.3 Å². The highest BCUT2D eigenvalue weighted by Crippen LogP contribution is 2.43. The molecule has 1 atom stereocenters. The van der Waals surface area contributed by atoms with Gasteiger partial charge >= 0.3 is 0 Å². The van der Waals surface area contributed by atoms with Crippen molar-refractivity contribution in [2.75, 3.05) is 11.6 Å². The van der Waals surface area contributed by atoms with Crippen molar-refractivity contribution in [1.29, 1.82) is 0 Å². The Morgan fingerprint density at radius 3 is 2.26 bits per heavy atom. The molecule has 6 nitrogen and oxygen atoms in total. The van der Waals surface area contributed by atoms with Crippen LogP contribution in [0.25, 0.3) is 0 Å². The molecule has 0 bridgehead atoms. The lowest BCUT2D eigenvalue weighted by Crippen LogP contribution is -2.26. The second-order valence-electron chi connectivity index (χ2n) is 9.96. The van der Waals surface area contributed by atoms with Gasteiger partial charge < -0.3 is 5.32 Å². The number of sulfone groups is 1. The van der Waals surface area contributed by atoms with E-state index in [4.69, 9.17) is 4.98 Å². The highest BCUT2D eigenvalue weighted by atomic mass is 32.2. The molecule has 1 aliphatic rings. The summed E-state index contributed by atoms with van der Waals surface area (Å²) in [5.41, 5.74) is 4.47. The van der Waals surface area contributed by atoms with Gasteiger partial charge in [0.2, 0.25) is 5.91 Å². The van der Waals surface area contributed by atoms with Crippen molar-refractivity contribution < 1.29 is 13.2 Å². The lowest BCUT2D eigenvalue weighted by atomic mass is 10.00. The summed E-state index contributed by atoms with van der Waals surface area (Å²) in [6.45, 7) is 10.5. The number of amides is 1. The number of carbonyl (C=O) groups is 1. The van der Waals surface area contributed by atoms with Gasteiger partial charge in [-0.05, 0) is 40.7 Å². The fourth-order valence-electron chi connectivity index (χ4n) is 4.55. The van der Waals surface area contributed by atoms with Crippen LogP contribution in [0.1, 0.15) is 66.9 Å². The van der Waals surface area contributed by atoms with Gasteiger partial charge in [0.1, 0.15) is 0 Å². The molecule has 0 unspecified atom stereocenters. The summed E-state index contributed by atoms with van der Waals surface area (Å²) in [6, 6.07) is 15.5. The van der Waals surface area contributed by atoms with Crippen molar-refractivity contribution in [3.05, 3.63) is 75.8 Å². The van der Waals surface area contributed by atoms with Gasteiger partial charge in [-0.3, -0.25) is 9.69 Å². The van der Waals surface area contributed by atoms with E-state index in [2.05, 4.69) is 62.2 Å². The minimum atomic E-state index is -3.25. The molecule has 0 saturated carbocycles. The maximum absolute atomic E-state index is 12.6. The van der Waals surface area contributed by atoms with Crippen LogP contribution in [0, 0.1) is 5.92 Å². The van der Waals surface area contributed by atoms with Crippen LogP contribution < -0.4 is 5.32 Å². The van der Waals surface area contributed by atoms with Crippen LogP contribution in [0.4, 0.5) is 5.13 Å². The number of benzene rings is 2. The predicted octanol–water partition coefficient (Wildman–Crippen LogP) is 5.56. The first-order valence-corrected chi connectivity index (χ1v) is 14.6. The number of carbonyl (C=O) groups excluding carboxylic acids is 1. The number of nitrogens with zero attached hydrogens (tertiary/aromatic N) is 2. The highest BCUT2D eigenvalue weighted by molar-refractivity contribution is 7.90. The number of anilines is 1. The Kier molecular flexibility index (Phi) is 7.45. The first kappa shape index (κ1) is 25.5. The zero-order valence-corrected chi connectivity index (χ0v) is 22.5. The molecule has 35 heavy (non-hydrogen) atoms. The third-order valence-corrected chi connectivity index (χ3v) is 8.47. The van der Waals surface area contributed by atoms with E-state index in [1.54, 1.807) is 23.5 Å². The second-order valence-corrected chi connectivity index (χ2v) is 13.1. The molecule has 8 heteroatoms. The zero-order chi connectivity index (χ0) is 25.3. The summed E-state index contributed by atoms with van der Waals surface area (Å²) in [6.07, 6.45) is 1.34. The molecule has 0 radical (unpaired) electrons.